The van der Waals surface area contributed by atoms with Crippen LogP contribution in [0.5, 0.6) is 0 Å². The highest BCUT2D eigenvalue weighted by atomic mass is 19.3. The summed E-state index contributed by atoms with van der Waals surface area (Å²) in [5, 5.41) is 53.3. The lowest BCUT2D eigenvalue weighted by atomic mass is 9.45. The zero-order valence-corrected chi connectivity index (χ0v) is 68.8. The fourth-order valence-electron chi connectivity index (χ4n) is 20.7. The summed E-state index contributed by atoms with van der Waals surface area (Å²) in [5.74, 6) is -15.6. The molecule has 2 amide bonds. The second-order valence-electron chi connectivity index (χ2n) is 35.5. The van der Waals surface area contributed by atoms with Crippen LogP contribution in [-0.2, 0) is 85.5 Å². The van der Waals surface area contributed by atoms with Gasteiger partial charge in [-0.25, -0.2) is 46.3 Å². The highest BCUT2D eigenvalue weighted by Gasteiger charge is 2.80. The van der Waals surface area contributed by atoms with Gasteiger partial charge in [-0.15, -0.1) is 0 Å². The maximum atomic E-state index is 15.0. The molecule has 5 aliphatic heterocycles. The number of fused-ring (bicyclic) bond motifs is 16. The van der Waals surface area contributed by atoms with E-state index < -0.39 is 239 Å². The predicted octanol–water partition coefficient (Wildman–Crippen LogP) is 8.61. The molecular weight excluding hydrogens is 1540 g/mol. The molecule has 33 heteroatoms. The zero-order valence-electron chi connectivity index (χ0n) is 68.8. The smallest absolute Gasteiger partial charge is 0.407 e. The predicted molar refractivity (Wildman–Crippen MR) is 402 cm³/mol. The number of alkyl carbamates (subject to hydrolysis) is 2. The van der Waals surface area contributed by atoms with Crippen molar-refractivity contribution in [2.24, 2.45) is 33.5 Å². The number of aliphatic hydroxyl groups is 4. The Kier molecular flexibility index (Phi) is 24.5. The van der Waals surface area contributed by atoms with Gasteiger partial charge in [-0.05, 0) is 139 Å². The second kappa shape index (κ2) is 32.4. The van der Waals surface area contributed by atoms with Gasteiger partial charge >= 0.3 is 48.0 Å². The molecule has 0 spiro atoms. The van der Waals surface area contributed by atoms with E-state index in [1.165, 1.54) is 47.6 Å². The minimum Gasteiger partial charge on any atom is -0.456 e. The maximum absolute atomic E-state index is 15.0. The number of esters is 6. The van der Waals surface area contributed by atoms with Crippen LogP contribution in [-0.4, -0.2) is 251 Å². The first-order chi connectivity index (χ1) is 54.5. The molecule has 24 atom stereocenters. The fraction of sp³-hybridized carbons (Fsp3) is 0.690. The Balaban J connectivity index is 0.000000216. The van der Waals surface area contributed by atoms with Crippen LogP contribution in [0.25, 0.3) is 0 Å². The van der Waals surface area contributed by atoms with Crippen LogP contribution in [0.4, 0.5) is 27.2 Å². The van der Waals surface area contributed by atoms with E-state index in [4.69, 9.17) is 66.3 Å². The summed E-state index contributed by atoms with van der Waals surface area (Å²) in [4.78, 5) is 109. The molecule has 11 aliphatic rings. The fourth-order valence-corrected chi connectivity index (χ4v) is 20.7. The topological polar surface area (TPSA) is 374 Å². The van der Waals surface area contributed by atoms with Gasteiger partial charge in [-0.1, -0.05) is 84.5 Å². The van der Waals surface area contributed by atoms with Crippen molar-refractivity contribution >= 4 is 48.0 Å². The van der Waals surface area contributed by atoms with Crippen LogP contribution in [0, 0.1) is 33.5 Å². The standard InChI is InChI=1S/C43H58F2N2O13.C41H53F2NO13/c1-22(2)55-38(52)46-33(41(8,44)45)30(49)37(51)56-26-19-43(53)35(59-36(50)25-13-10-9-11-14-25)32-40(7,16-15-27-42(32,21-54-27)60-24(4)48)34-31(29(23(26)3)39(43,5)6)57-28(58-34)20-47-17-12-18-47;1-10-26-54-29-27-21(4)24(53-35(48)28(46)31(39(9,42)43)44-36(49)52-20(2)3)18-41(50,37(27,6)7)33(56-34(47)23-14-12-11-13-15-23)30-38(8,32(29)55-26)17-16-25-40(30,19-51-25)57-22(5)45/h9-11,13-14,22,26-28,30-35,49,53H,12,15-21H2,1-8H3,(H,46,52);10-15,20,24-26,28-33,46,50H,1,16-19H2,2-9H3,(H,44,49)/t26-,27+,28+,30+,31+,32-,33+,34+,35-,40+,42-,43+;24-,25+,26+,28+,29+,30-,31+,32+,33-,38+,40-,41+/m00/s1. The number of ether oxygens (including phenoxy) is 14. The van der Waals surface area contributed by atoms with Gasteiger partial charge < -0.3 is 97.4 Å². The molecule has 29 nitrogen and oxygen atoms in total. The molecule has 0 unspecified atom stereocenters. The molecule has 2 aromatic rings. The van der Waals surface area contributed by atoms with Crippen molar-refractivity contribution in [3.05, 3.63) is 107 Å². The number of hydrogen-bond donors (Lipinski definition) is 6. The van der Waals surface area contributed by atoms with Crippen molar-refractivity contribution in [1.82, 2.24) is 15.5 Å². The lowest BCUT2D eigenvalue weighted by molar-refractivity contribution is -0.345. The van der Waals surface area contributed by atoms with Crippen molar-refractivity contribution < 1.29 is 143 Å². The Labute approximate surface area is 676 Å². The first-order valence-electron chi connectivity index (χ1n) is 40.0. The summed E-state index contributed by atoms with van der Waals surface area (Å²) in [5.41, 5.74) is -10.0. The average molecular weight is 1650 g/mol. The number of halogens is 4. The largest absolute Gasteiger partial charge is 0.456 e. The molecular formula is C84H111F4N3O26. The molecule has 2 aromatic carbocycles. The van der Waals surface area contributed by atoms with Gasteiger partial charge in [0, 0.05) is 68.7 Å². The van der Waals surface area contributed by atoms with E-state index in [-0.39, 0.29) is 24.3 Å². The Morgan fingerprint density at radius 2 is 0.974 bits per heavy atom. The summed E-state index contributed by atoms with van der Waals surface area (Å²) in [6.45, 7) is 29.4. The number of nitrogens with one attached hydrogen (secondary N) is 2. The van der Waals surface area contributed by atoms with Gasteiger partial charge in [0.25, 0.3) is 11.8 Å². The van der Waals surface area contributed by atoms with Crippen LogP contribution in [0.15, 0.2) is 95.6 Å². The number of carbonyl (C=O) groups is 8. The van der Waals surface area contributed by atoms with Gasteiger partial charge in [0.2, 0.25) is 0 Å². The van der Waals surface area contributed by atoms with Gasteiger partial charge in [-0.3, -0.25) is 14.5 Å². The van der Waals surface area contributed by atoms with E-state index in [0.29, 0.717) is 68.4 Å². The van der Waals surface area contributed by atoms with Crippen molar-refractivity contribution in [2.45, 2.75) is 300 Å². The molecule has 6 aliphatic carbocycles. The molecule has 646 valence electrons. The molecule has 13 rings (SSSR count). The minimum absolute atomic E-state index is 0.0754. The normalized spacial score (nSPS) is 36.6. The minimum atomic E-state index is -3.84. The number of rotatable bonds is 21. The van der Waals surface area contributed by atoms with Gasteiger partial charge in [0.1, 0.15) is 72.1 Å². The highest BCUT2D eigenvalue weighted by molar-refractivity contribution is 5.90. The summed E-state index contributed by atoms with van der Waals surface area (Å²) in [7, 11) is 0. The van der Waals surface area contributed by atoms with Gasteiger partial charge in [-0.2, -0.15) is 0 Å². The van der Waals surface area contributed by atoms with Crippen LogP contribution in [0.1, 0.15) is 176 Å². The van der Waals surface area contributed by atoms with Crippen LogP contribution in [0.3, 0.4) is 0 Å². The number of amides is 2. The van der Waals surface area contributed by atoms with E-state index in [2.05, 4.69) is 11.5 Å². The first-order valence-corrected chi connectivity index (χ1v) is 40.0. The lowest BCUT2D eigenvalue weighted by Gasteiger charge is -2.68. The Morgan fingerprint density at radius 3 is 1.31 bits per heavy atom. The summed E-state index contributed by atoms with van der Waals surface area (Å²) < 4.78 is 146. The van der Waals surface area contributed by atoms with Crippen LogP contribution >= 0.6 is 0 Å². The van der Waals surface area contributed by atoms with E-state index in [1.807, 2.05) is 24.5 Å². The third kappa shape index (κ3) is 15.8. The monoisotopic (exact) mass is 1650 g/mol. The molecule has 4 bridgehead atoms. The maximum Gasteiger partial charge on any atom is 0.407 e. The summed E-state index contributed by atoms with van der Waals surface area (Å²) >= 11 is 0. The van der Waals surface area contributed by atoms with Crippen molar-refractivity contribution in [3.63, 3.8) is 0 Å². The molecule has 6 N–H and O–H groups in total. The summed E-state index contributed by atoms with van der Waals surface area (Å²) in [6.07, 6.45) is -18.3. The second-order valence-corrected chi connectivity index (χ2v) is 35.5. The van der Waals surface area contributed by atoms with E-state index >= 15 is 0 Å². The first kappa shape index (κ1) is 88.6. The summed E-state index contributed by atoms with van der Waals surface area (Å²) in [6, 6.07) is 11.4. The van der Waals surface area contributed by atoms with Crippen molar-refractivity contribution in [2.75, 3.05) is 32.8 Å². The molecule has 5 saturated heterocycles. The Morgan fingerprint density at radius 1 is 0.590 bits per heavy atom. The Hall–Kier alpha value is -7.70. The van der Waals surface area contributed by atoms with Crippen LogP contribution in [0.2, 0.25) is 0 Å². The van der Waals surface area contributed by atoms with E-state index in [1.54, 1.807) is 102 Å². The number of carbonyl (C=O) groups excluding carboxylic acids is 8. The third-order valence-electron chi connectivity index (χ3n) is 26.6. The molecule has 117 heavy (non-hydrogen) atoms. The molecule has 9 fully saturated rings. The van der Waals surface area contributed by atoms with E-state index in [0.717, 1.165) is 19.5 Å². The van der Waals surface area contributed by atoms with E-state index in [9.17, 15) is 76.3 Å². The quantitative estimate of drug-likeness (QED) is 0.0295. The number of benzene rings is 2. The average Bonchev–Trinajstić information content (AvgIpc) is 1.64. The number of hydrogen-bond acceptors (Lipinski definition) is 27. The number of likely N-dealkylation sites (tertiary alicyclic amines) is 1. The molecule has 0 aromatic heterocycles. The van der Waals surface area contributed by atoms with Crippen molar-refractivity contribution in [3.8, 4) is 0 Å². The Bertz CT molecular complexity index is 4190. The van der Waals surface area contributed by atoms with Crippen LogP contribution < -0.4 is 10.6 Å². The lowest BCUT2D eigenvalue weighted by Crippen LogP contribution is -2.79. The number of nitrogens with zero attached hydrogens (tertiary/aromatic N) is 1. The number of alkyl halides is 4. The van der Waals surface area contributed by atoms with Gasteiger partial charge in [0.15, 0.2) is 36.0 Å². The third-order valence-corrected chi connectivity index (χ3v) is 26.6. The molecule has 4 saturated carbocycles. The molecule has 0 radical (unpaired) electrons. The molecule has 5 heterocycles. The zero-order chi connectivity index (χ0) is 85.8. The number of aliphatic hydroxyl groups excluding tert-OH is 2. The highest BCUT2D eigenvalue weighted by Crippen LogP contribution is 2.69. The SMILES string of the molecule is C=C[C@@H]1O[C@@H]2C3=C(C)[C@@H](OC(=O)[C@H](O)[C@@H](NC(=O)OC(C)C)C(C)(F)F)C[C@@](O)([C@@H](OC(=O)c4ccccc4)[C@H]4[C@@](C)(CC[C@H]5OC[C@]54OC(C)=O)[C@@H]2O1)C3(C)C.CC(=O)O[C@@]12CO[C@@H]1CC[C@@]1(C)[C@@H]3O[C@H](CN4CCC4)O[C@@H]3C3=C(C)[C@@H](OC(=O)[C@H](O)[C@@H](NC(=O)OC(C)C)C(C)(F)F)C[C@@](O)([C@@H](OC(=O)c4ccccc4)[C@@H]12)C3(C)C. The van der Waals surface area contributed by atoms with Crippen molar-refractivity contribution in [1.29, 1.82) is 0 Å². The van der Waals surface area contributed by atoms with Gasteiger partial charge in [0.05, 0.1) is 60.6 Å².